The van der Waals surface area contributed by atoms with Crippen molar-refractivity contribution in [1.29, 1.82) is 0 Å². The molecular weight excluding hydrogens is 316 g/mol. The number of aromatic nitrogens is 1. The van der Waals surface area contributed by atoms with Crippen LogP contribution in [-0.4, -0.2) is 36.9 Å². The van der Waals surface area contributed by atoms with Crippen LogP contribution in [-0.2, 0) is 4.79 Å². The van der Waals surface area contributed by atoms with Crippen LogP contribution in [0.2, 0.25) is 0 Å². The largest absolute Gasteiger partial charge is 0.369 e. The molecule has 4 saturated carbocycles. The number of pyridine rings is 1. The minimum absolute atomic E-state index is 0.116. The van der Waals surface area contributed by atoms with Crippen molar-refractivity contribution in [1.82, 2.24) is 10.3 Å². The summed E-state index contributed by atoms with van der Waals surface area (Å²) >= 11 is 0. The Hall–Kier alpha value is -2.11. The van der Waals surface area contributed by atoms with Gasteiger partial charge in [-0.2, -0.15) is 0 Å². The summed E-state index contributed by atoms with van der Waals surface area (Å²) in [5.41, 5.74) is 5.86. The molecule has 0 spiro atoms. The first-order chi connectivity index (χ1) is 11.9. The minimum atomic E-state index is -0.319. The molecule has 1 aromatic rings. The third kappa shape index (κ3) is 2.68. The standard InChI is InChI=1S/C19H26N4O2/c1-23(2)15-5-3-4-14(21-15)17(24)22-16-12-6-11-7-13(16)10-19(8-11,9-12)18(20)25/h3-5,11-13,16H,6-10H2,1-2H3,(H2,20,25)(H,22,24). The number of nitrogens with two attached hydrogens (primary N) is 1. The molecule has 4 aliphatic rings. The fourth-order valence-electron chi connectivity index (χ4n) is 5.59. The van der Waals surface area contributed by atoms with Crippen molar-refractivity contribution >= 4 is 17.6 Å². The molecule has 6 nitrogen and oxygen atoms in total. The van der Waals surface area contributed by atoms with E-state index in [4.69, 9.17) is 5.73 Å². The molecule has 134 valence electrons. The number of hydrogen-bond donors (Lipinski definition) is 2. The molecule has 0 aromatic carbocycles. The van der Waals surface area contributed by atoms with Crippen molar-refractivity contribution in [3.05, 3.63) is 23.9 Å². The first-order valence-corrected chi connectivity index (χ1v) is 9.13. The van der Waals surface area contributed by atoms with Gasteiger partial charge in [0.15, 0.2) is 0 Å². The summed E-state index contributed by atoms with van der Waals surface area (Å²) < 4.78 is 0. The summed E-state index contributed by atoms with van der Waals surface area (Å²) in [6, 6.07) is 5.64. The average molecular weight is 342 g/mol. The summed E-state index contributed by atoms with van der Waals surface area (Å²) in [5.74, 6) is 1.82. The van der Waals surface area contributed by atoms with Gasteiger partial charge in [0.2, 0.25) is 5.91 Å². The molecule has 2 unspecified atom stereocenters. The molecular formula is C19H26N4O2. The highest BCUT2D eigenvalue weighted by Crippen LogP contribution is 2.59. The highest BCUT2D eigenvalue weighted by molar-refractivity contribution is 5.93. The van der Waals surface area contributed by atoms with Crippen molar-refractivity contribution < 1.29 is 9.59 Å². The molecule has 1 heterocycles. The number of carbonyl (C=O) groups is 2. The second-order valence-electron chi connectivity index (χ2n) is 8.39. The molecule has 5 rings (SSSR count). The summed E-state index contributed by atoms with van der Waals surface area (Å²) in [7, 11) is 3.82. The first-order valence-electron chi connectivity index (χ1n) is 9.13. The van der Waals surface area contributed by atoms with E-state index in [9.17, 15) is 9.59 Å². The molecule has 4 bridgehead atoms. The number of primary amides is 1. The quantitative estimate of drug-likeness (QED) is 0.869. The fraction of sp³-hybridized carbons (Fsp3) is 0.632. The van der Waals surface area contributed by atoms with Crippen molar-refractivity contribution in [2.24, 2.45) is 28.9 Å². The van der Waals surface area contributed by atoms with E-state index in [0.29, 0.717) is 23.4 Å². The van der Waals surface area contributed by atoms with Gasteiger partial charge in [0.25, 0.3) is 5.91 Å². The van der Waals surface area contributed by atoms with E-state index in [2.05, 4.69) is 10.3 Å². The van der Waals surface area contributed by atoms with Crippen LogP contribution in [0.25, 0.3) is 0 Å². The lowest BCUT2D eigenvalue weighted by molar-refractivity contribution is -0.145. The lowest BCUT2D eigenvalue weighted by Gasteiger charge is -2.58. The van der Waals surface area contributed by atoms with E-state index < -0.39 is 0 Å². The molecule has 6 heteroatoms. The SMILES string of the molecule is CN(C)c1cccc(C(=O)NC2C3CC4CC2CC(C(N)=O)(C4)C3)n1. The van der Waals surface area contributed by atoms with Crippen molar-refractivity contribution in [3.63, 3.8) is 0 Å². The summed E-state index contributed by atoms with van der Waals surface area (Å²) in [6.07, 6.45) is 4.79. The predicted octanol–water partition coefficient (Wildman–Crippen LogP) is 1.56. The Balaban J connectivity index is 1.52. The zero-order chi connectivity index (χ0) is 17.8. The van der Waals surface area contributed by atoms with Gasteiger partial charge in [-0.25, -0.2) is 4.98 Å². The van der Waals surface area contributed by atoms with E-state index in [0.717, 1.165) is 37.9 Å². The number of amides is 2. The smallest absolute Gasteiger partial charge is 0.270 e. The summed E-state index contributed by atoms with van der Waals surface area (Å²) in [5, 5.41) is 3.23. The number of anilines is 1. The van der Waals surface area contributed by atoms with Gasteiger partial charge >= 0.3 is 0 Å². The monoisotopic (exact) mass is 342 g/mol. The van der Waals surface area contributed by atoms with E-state index >= 15 is 0 Å². The molecule has 0 radical (unpaired) electrons. The van der Waals surface area contributed by atoms with Gasteiger partial charge in [-0.3, -0.25) is 9.59 Å². The Morgan fingerprint density at radius 1 is 1.20 bits per heavy atom. The van der Waals surface area contributed by atoms with Crippen LogP contribution in [0, 0.1) is 23.2 Å². The summed E-state index contributed by atoms with van der Waals surface area (Å²) in [4.78, 5) is 31.1. The zero-order valence-electron chi connectivity index (χ0n) is 14.9. The Bertz CT molecular complexity index is 701. The second-order valence-corrected chi connectivity index (χ2v) is 8.39. The molecule has 4 aliphatic carbocycles. The van der Waals surface area contributed by atoms with E-state index in [-0.39, 0.29) is 23.3 Å². The zero-order valence-corrected chi connectivity index (χ0v) is 14.9. The van der Waals surface area contributed by atoms with E-state index in [1.807, 2.05) is 31.1 Å². The fourth-order valence-corrected chi connectivity index (χ4v) is 5.59. The molecule has 2 amide bonds. The molecule has 3 N–H and O–H groups in total. The highest BCUT2D eigenvalue weighted by Gasteiger charge is 2.58. The molecule has 1 aromatic heterocycles. The van der Waals surface area contributed by atoms with E-state index in [1.165, 1.54) is 0 Å². The van der Waals surface area contributed by atoms with Gasteiger partial charge in [-0.15, -0.1) is 0 Å². The van der Waals surface area contributed by atoms with Crippen LogP contribution in [0.1, 0.15) is 42.6 Å². The molecule has 25 heavy (non-hydrogen) atoms. The van der Waals surface area contributed by atoms with Gasteiger partial charge in [0, 0.05) is 25.6 Å². The van der Waals surface area contributed by atoms with Gasteiger partial charge < -0.3 is 16.0 Å². The lowest BCUT2D eigenvalue weighted by Crippen LogP contribution is -2.62. The maximum absolute atomic E-state index is 12.7. The van der Waals surface area contributed by atoms with E-state index in [1.54, 1.807) is 6.07 Å². The normalized spacial score (nSPS) is 35.4. The number of rotatable bonds is 4. The third-order valence-corrected chi connectivity index (χ3v) is 6.52. The molecule has 4 fully saturated rings. The van der Waals surface area contributed by atoms with Gasteiger partial charge in [-0.1, -0.05) is 6.07 Å². The predicted molar refractivity (Wildman–Crippen MR) is 95.0 cm³/mol. The molecule has 2 atom stereocenters. The second kappa shape index (κ2) is 5.71. The Morgan fingerprint density at radius 2 is 1.88 bits per heavy atom. The average Bonchev–Trinajstić information content (AvgIpc) is 2.57. The van der Waals surface area contributed by atoms with Crippen LogP contribution < -0.4 is 16.0 Å². The Morgan fingerprint density at radius 3 is 2.48 bits per heavy atom. The van der Waals surface area contributed by atoms with Crippen molar-refractivity contribution in [2.75, 3.05) is 19.0 Å². The Labute approximate surface area is 148 Å². The third-order valence-electron chi connectivity index (χ3n) is 6.52. The number of nitrogens with zero attached hydrogens (tertiary/aromatic N) is 2. The van der Waals surface area contributed by atoms with Crippen molar-refractivity contribution in [3.8, 4) is 0 Å². The van der Waals surface area contributed by atoms with Crippen LogP contribution in [0.3, 0.4) is 0 Å². The van der Waals surface area contributed by atoms with Crippen LogP contribution >= 0.6 is 0 Å². The topological polar surface area (TPSA) is 88.3 Å². The number of nitrogens with one attached hydrogen (secondary N) is 1. The van der Waals surface area contributed by atoms with Gasteiger partial charge in [-0.05, 0) is 62.0 Å². The van der Waals surface area contributed by atoms with Crippen LogP contribution in [0.5, 0.6) is 0 Å². The lowest BCUT2D eigenvalue weighted by atomic mass is 9.47. The first kappa shape index (κ1) is 16.4. The van der Waals surface area contributed by atoms with Gasteiger partial charge in [0.05, 0.1) is 0 Å². The highest BCUT2D eigenvalue weighted by atomic mass is 16.2. The van der Waals surface area contributed by atoms with Crippen LogP contribution in [0.15, 0.2) is 18.2 Å². The van der Waals surface area contributed by atoms with Gasteiger partial charge in [0.1, 0.15) is 11.5 Å². The minimum Gasteiger partial charge on any atom is -0.369 e. The van der Waals surface area contributed by atoms with Crippen molar-refractivity contribution in [2.45, 2.75) is 38.1 Å². The molecule has 0 aliphatic heterocycles. The number of hydrogen-bond acceptors (Lipinski definition) is 4. The molecule has 0 saturated heterocycles. The maximum Gasteiger partial charge on any atom is 0.270 e. The maximum atomic E-state index is 12.7. The number of carbonyl (C=O) groups excluding carboxylic acids is 2. The van der Waals surface area contributed by atoms with Crippen LogP contribution in [0.4, 0.5) is 5.82 Å². The Kier molecular flexibility index (Phi) is 3.74. The summed E-state index contributed by atoms with van der Waals surface area (Å²) in [6.45, 7) is 0.